The topological polar surface area (TPSA) is 112 Å². The minimum Gasteiger partial charge on any atom is -0.392 e. The third-order valence-corrected chi connectivity index (χ3v) is 3.21. The van der Waals surface area contributed by atoms with Crippen molar-refractivity contribution in [3.8, 4) is 0 Å². The largest absolute Gasteiger partial charge is 0.392 e. The number of fused-ring (bicyclic) bond motifs is 1. The Bertz CT molecular complexity index is 607. The predicted octanol–water partition coefficient (Wildman–Crippen LogP) is 2.30. The van der Waals surface area contributed by atoms with E-state index >= 15 is 0 Å². The Labute approximate surface area is 92.4 Å². The Morgan fingerprint density at radius 2 is 1.88 bits per heavy atom. The van der Waals surface area contributed by atoms with E-state index < -0.39 is 9.85 Å². The van der Waals surface area contributed by atoms with Gasteiger partial charge in [-0.05, 0) is 6.07 Å². The molecule has 16 heavy (non-hydrogen) atoms. The number of nitrogen functional groups attached to an aromatic ring is 1. The molecule has 1 heterocycles. The van der Waals surface area contributed by atoms with E-state index in [2.05, 4.69) is 0 Å². The summed E-state index contributed by atoms with van der Waals surface area (Å²) in [4.78, 5) is 20.0. The Morgan fingerprint density at radius 1 is 1.19 bits per heavy atom. The summed E-state index contributed by atoms with van der Waals surface area (Å²) in [5, 5.41) is 21.3. The third-order valence-electron chi connectivity index (χ3n) is 2.07. The number of benzene rings is 1. The highest BCUT2D eigenvalue weighted by Crippen LogP contribution is 2.40. The lowest BCUT2D eigenvalue weighted by Gasteiger charge is -1.92. The van der Waals surface area contributed by atoms with Crippen LogP contribution in [0.3, 0.4) is 0 Å². The Morgan fingerprint density at radius 3 is 2.44 bits per heavy atom. The number of nitro benzene ring substituents is 1. The summed E-state index contributed by atoms with van der Waals surface area (Å²) in [6.07, 6.45) is 0. The van der Waals surface area contributed by atoms with Gasteiger partial charge in [-0.3, -0.25) is 20.2 Å². The van der Waals surface area contributed by atoms with Crippen molar-refractivity contribution in [2.75, 3.05) is 5.73 Å². The highest BCUT2D eigenvalue weighted by atomic mass is 32.1. The van der Waals surface area contributed by atoms with Crippen molar-refractivity contribution >= 4 is 37.8 Å². The molecule has 0 saturated carbocycles. The molecule has 0 atom stereocenters. The van der Waals surface area contributed by atoms with Crippen LogP contribution >= 0.6 is 11.3 Å². The lowest BCUT2D eigenvalue weighted by Crippen LogP contribution is -1.91. The number of rotatable bonds is 2. The molecule has 0 bridgehead atoms. The molecule has 0 fully saturated rings. The van der Waals surface area contributed by atoms with E-state index in [0.29, 0.717) is 10.1 Å². The monoisotopic (exact) mass is 239 g/mol. The Kier molecular flexibility index (Phi) is 2.20. The third kappa shape index (κ3) is 1.44. The van der Waals surface area contributed by atoms with Crippen molar-refractivity contribution in [2.45, 2.75) is 0 Å². The SMILES string of the molecule is Nc1c([N+](=O)[O-])sc2ccc([N+](=O)[O-])cc12. The van der Waals surface area contributed by atoms with Crippen LogP contribution in [0.1, 0.15) is 0 Å². The summed E-state index contributed by atoms with van der Waals surface area (Å²) in [5.74, 6) is 0. The van der Waals surface area contributed by atoms with E-state index in [1.165, 1.54) is 18.2 Å². The number of anilines is 1. The Hall–Kier alpha value is -2.22. The van der Waals surface area contributed by atoms with Crippen molar-refractivity contribution < 1.29 is 9.85 Å². The quantitative estimate of drug-likeness (QED) is 0.638. The fourth-order valence-corrected chi connectivity index (χ4v) is 2.26. The van der Waals surface area contributed by atoms with Gasteiger partial charge in [0.25, 0.3) is 5.69 Å². The predicted molar refractivity (Wildman–Crippen MR) is 59.5 cm³/mol. The number of non-ortho nitro benzene ring substituents is 1. The average molecular weight is 239 g/mol. The molecule has 0 aliphatic carbocycles. The molecule has 2 N–H and O–H groups in total. The van der Waals surface area contributed by atoms with Crippen molar-refractivity contribution in [3.05, 3.63) is 38.4 Å². The van der Waals surface area contributed by atoms with Crippen LogP contribution in [-0.4, -0.2) is 9.85 Å². The fraction of sp³-hybridized carbons (Fsp3) is 0. The van der Waals surface area contributed by atoms with Crippen LogP contribution in [-0.2, 0) is 0 Å². The average Bonchev–Trinajstić information content (AvgIpc) is 2.56. The maximum atomic E-state index is 10.6. The molecular formula is C8H5N3O4S. The molecule has 0 aliphatic heterocycles. The second-order valence-corrected chi connectivity index (χ2v) is 4.05. The van der Waals surface area contributed by atoms with Gasteiger partial charge in [0.1, 0.15) is 5.69 Å². The van der Waals surface area contributed by atoms with E-state index in [4.69, 9.17) is 5.73 Å². The summed E-state index contributed by atoms with van der Waals surface area (Å²) in [6.45, 7) is 0. The number of nitrogens with zero attached hydrogens (tertiary/aromatic N) is 2. The van der Waals surface area contributed by atoms with Crippen molar-refractivity contribution in [3.63, 3.8) is 0 Å². The molecule has 82 valence electrons. The molecule has 0 radical (unpaired) electrons. The molecule has 2 aromatic rings. The van der Waals surface area contributed by atoms with Gasteiger partial charge >= 0.3 is 5.00 Å². The summed E-state index contributed by atoms with van der Waals surface area (Å²) in [7, 11) is 0. The molecule has 0 aliphatic rings. The van der Waals surface area contributed by atoms with E-state index in [-0.39, 0.29) is 16.4 Å². The van der Waals surface area contributed by atoms with Crippen molar-refractivity contribution in [1.29, 1.82) is 0 Å². The molecule has 0 spiro atoms. The lowest BCUT2D eigenvalue weighted by atomic mass is 10.2. The molecule has 2 rings (SSSR count). The number of nitro groups is 2. The summed E-state index contributed by atoms with van der Waals surface area (Å²) < 4.78 is 0.565. The maximum Gasteiger partial charge on any atom is 0.348 e. The zero-order valence-corrected chi connectivity index (χ0v) is 8.56. The highest BCUT2D eigenvalue weighted by Gasteiger charge is 2.20. The molecule has 7 nitrogen and oxygen atoms in total. The maximum absolute atomic E-state index is 10.6. The zero-order chi connectivity index (χ0) is 11.9. The van der Waals surface area contributed by atoms with E-state index in [9.17, 15) is 20.2 Å². The van der Waals surface area contributed by atoms with Crippen LogP contribution in [0.5, 0.6) is 0 Å². The van der Waals surface area contributed by atoms with Gasteiger partial charge in [-0.1, -0.05) is 11.3 Å². The van der Waals surface area contributed by atoms with E-state index in [1.54, 1.807) is 0 Å². The zero-order valence-electron chi connectivity index (χ0n) is 7.75. The molecule has 1 aromatic carbocycles. The van der Waals surface area contributed by atoms with Crippen LogP contribution in [0.15, 0.2) is 18.2 Å². The standard InChI is InChI=1S/C8H5N3O4S/c9-7-5-3-4(10(12)13)1-2-6(5)16-8(7)11(14)15/h1-3H,9H2. The first-order chi connectivity index (χ1) is 7.50. The van der Waals surface area contributed by atoms with E-state index in [0.717, 1.165) is 11.3 Å². The molecule has 8 heteroatoms. The van der Waals surface area contributed by atoms with Crippen LogP contribution in [0.25, 0.3) is 10.1 Å². The smallest absolute Gasteiger partial charge is 0.348 e. The van der Waals surface area contributed by atoms with Crippen molar-refractivity contribution in [1.82, 2.24) is 0 Å². The molecule has 0 unspecified atom stereocenters. The number of thiophene rings is 1. The molecule has 1 aromatic heterocycles. The van der Waals surface area contributed by atoms with Gasteiger partial charge in [0.05, 0.1) is 9.85 Å². The van der Waals surface area contributed by atoms with E-state index in [1.807, 2.05) is 0 Å². The fourth-order valence-electron chi connectivity index (χ4n) is 1.34. The van der Waals surface area contributed by atoms with Gasteiger partial charge in [-0.15, -0.1) is 0 Å². The number of hydrogen-bond donors (Lipinski definition) is 1. The van der Waals surface area contributed by atoms with Gasteiger partial charge < -0.3 is 5.73 Å². The Balaban J connectivity index is 2.73. The van der Waals surface area contributed by atoms with Gasteiger partial charge in [-0.2, -0.15) is 0 Å². The van der Waals surface area contributed by atoms with Gasteiger partial charge in [-0.25, -0.2) is 0 Å². The van der Waals surface area contributed by atoms with Gasteiger partial charge in [0.2, 0.25) is 0 Å². The van der Waals surface area contributed by atoms with Crippen LogP contribution in [0, 0.1) is 20.2 Å². The molecular weight excluding hydrogens is 234 g/mol. The van der Waals surface area contributed by atoms with Crippen LogP contribution in [0.2, 0.25) is 0 Å². The first-order valence-corrected chi connectivity index (χ1v) is 4.93. The van der Waals surface area contributed by atoms with Crippen molar-refractivity contribution in [2.24, 2.45) is 0 Å². The summed E-state index contributed by atoms with van der Waals surface area (Å²) in [5.41, 5.74) is 5.40. The molecule has 0 saturated heterocycles. The summed E-state index contributed by atoms with van der Waals surface area (Å²) >= 11 is 0.906. The second kappa shape index (κ2) is 3.42. The summed E-state index contributed by atoms with van der Waals surface area (Å²) in [6, 6.07) is 4.00. The number of hydrogen-bond acceptors (Lipinski definition) is 6. The number of nitrogens with two attached hydrogens (primary N) is 1. The first-order valence-electron chi connectivity index (χ1n) is 4.11. The van der Waals surface area contributed by atoms with Gasteiger partial charge in [0, 0.05) is 22.2 Å². The normalized spacial score (nSPS) is 10.5. The minimum atomic E-state index is -0.591. The van der Waals surface area contributed by atoms with Gasteiger partial charge in [0.15, 0.2) is 0 Å². The molecule has 0 amide bonds. The first kappa shape index (κ1) is 10.3. The highest BCUT2D eigenvalue weighted by molar-refractivity contribution is 7.22. The minimum absolute atomic E-state index is 0.0197. The van der Waals surface area contributed by atoms with Crippen LogP contribution < -0.4 is 5.73 Å². The second-order valence-electron chi connectivity index (χ2n) is 3.02. The van der Waals surface area contributed by atoms with Crippen LogP contribution in [0.4, 0.5) is 16.4 Å². The lowest BCUT2D eigenvalue weighted by molar-refractivity contribution is -0.384.